The van der Waals surface area contributed by atoms with Crippen LogP contribution in [0.3, 0.4) is 0 Å². The Balaban J connectivity index is 1.54. The number of nitrogens with one attached hydrogen (secondary N) is 1. The molecule has 2 aromatic carbocycles. The van der Waals surface area contributed by atoms with E-state index in [-0.39, 0.29) is 18.1 Å². The van der Waals surface area contributed by atoms with E-state index in [1.54, 1.807) is 36.4 Å². The minimum absolute atomic E-state index is 0.137. The molecule has 8 heteroatoms. The van der Waals surface area contributed by atoms with Gasteiger partial charge in [-0.1, -0.05) is 18.2 Å². The highest BCUT2D eigenvalue weighted by atomic mass is 16.5. The SMILES string of the molecule is O=C(COc1ccccc1)Nc1ccc2nc(N3CCOCC3)cc(C(=O)O)c2c1. The number of carbonyl (C=O) groups is 2. The predicted molar refractivity (Wildman–Crippen MR) is 112 cm³/mol. The molecule has 1 saturated heterocycles. The van der Waals surface area contributed by atoms with Gasteiger partial charge >= 0.3 is 5.97 Å². The topological polar surface area (TPSA) is 101 Å². The van der Waals surface area contributed by atoms with E-state index in [0.29, 0.717) is 54.5 Å². The van der Waals surface area contributed by atoms with Crippen LogP contribution >= 0.6 is 0 Å². The summed E-state index contributed by atoms with van der Waals surface area (Å²) in [5, 5.41) is 12.9. The Morgan fingerprint density at radius 2 is 1.87 bits per heavy atom. The van der Waals surface area contributed by atoms with Crippen LogP contribution in [0.4, 0.5) is 11.5 Å². The number of hydrogen-bond acceptors (Lipinski definition) is 6. The van der Waals surface area contributed by atoms with Crippen molar-refractivity contribution in [3.05, 3.63) is 60.2 Å². The molecule has 0 radical (unpaired) electrons. The number of fused-ring (bicyclic) bond motifs is 1. The van der Waals surface area contributed by atoms with E-state index in [1.165, 1.54) is 0 Å². The average molecular weight is 407 g/mol. The van der Waals surface area contributed by atoms with Crippen LogP contribution in [-0.4, -0.2) is 54.9 Å². The standard InChI is InChI=1S/C22H21N3O5/c26-21(14-30-16-4-2-1-3-5-16)23-15-6-7-19-17(12-15)18(22(27)28)13-20(24-19)25-8-10-29-11-9-25/h1-7,12-13H,8-11,14H2,(H,23,26)(H,27,28). The van der Waals surface area contributed by atoms with Crippen LogP contribution in [0, 0.1) is 0 Å². The fourth-order valence-electron chi connectivity index (χ4n) is 3.28. The molecule has 1 fully saturated rings. The first-order chi connectivity index (χ1) is 14.6. The zero-order valence-electron chi connectivity index (χ0n) is 16.2. The van der Waals surface area contributed by atoms with Crippen molar-refractivity contribution in [2.45, 2.75) is 0 Å². The van der Waals surface area contributed by atoms with E-state index in [0.717, 1.165) is 0 Å². The molecule has 0 spiro atoms. The number of benzene rings is 2. The lowest BCUT2D eigenvalue weighted by molar-refractivity contribution is -0.118. The van der Waals surface area contributed by atoms with E-state index in [9.17, 15) is 14.7 Å². The molecule has 1 aromatic heterocycles. The van der Waals surface area contributed by atoms with Gasteiger partial charge in [-0.2, -0.15) is 0 Å². The molecule has 30 heavy (non-hydrogen) atoms. The molecule has 2 heterocycles. The van der Waals surface area contributed by atoms with Crippen molar-refractivity contribution in [1.82, 2.24) is 4.98 Å². The first-order valence-electron chi connectivity index (χ1n) is 9.58. The zero-order valence-corrected chi connectivity index (χ0v) is 16.2. The number of morpholine rings is 1. The van der Waals surface area contributed by atoms with Gasteiger partial charge in [-0.25, -0.2) is 9.78 Å². The zero-order chi connectivity index (χ0) is 20.9. The van der Waals surface area contributed by atoms with E-state index in [2.05, 4.69) is 10.3 Å². The Hall–Kier alpha value is -3.65. The van der Waals surface area contributed by atoms with Crippen LogP contribution in [0.5, 0.6) is 5.75 Å². The van der Waals surface area contributed by atoms with Gasteiger partial charge in [0, 0.05) is 24.2 Å². The third-order valence-electron chi connectivity index (χ3n) is 4.76. The van der Waals surface area contributed by atoms with E-state index in [4.69, 9.17) is 9.47 Å². The monoisotopic (exact) mass is 407 g/mol. The van der Waals surface area contributed by atoms with Crippen LogP contribution in [0.15, 0.2) is 54.6 Å². The Morgan fingerprint density at radius 1 is 1.10 bits per heavy atom. The summed E-state index contributed by atoms with van der Waals surface area (Å²) in [5.74, 6) is -0.184. The lowest BCUT2D eigenvalue weighted by Crippen LogP contribution is -2.36. The fourth-order valence-corrected chi connectivity index (χ4v) is 3.28. The van der Waals surface area contributed by atoms with Crippen molar-refractivity contribution in [3.8, 4) is 5.75 Å². The van der Waals surface area contributed by atoms with Gasteiger partial charge in [0.15, 0.2) is 6.61 Å². The molecule has 1 aliphatic rings. The van der Waals surface area contributed by atoms with Gasteiger partial charge in [-0.3, -0.25) is 4.79 Å². The first kappa shape index (κ1) is 19.7. The summed E-state index contributed by atoms with van der Waals surface area (Å²) < 4.78 is 10.8. The Bertz CT molecular complexity index is 1070. The molecule has 0 aliphatic carbocycles. The number of nitrogens with zero attached hydrogens (tertiary/aromatic N) is 2. The smallest absolute Gasteiger partial charge is 0.336 e. The number of carboxylic acid groups (broad SMARTS) is 1. The van der Waals surface area contributed by atoms with E-state index in [1.807, 2.05) is 23.1 Å². The summed E-state index contributed by atoms with van der Waals surface area (Å²) in [7, 11) is 0. The van der Waals surface area contributed by atoms with Crippen LogP contribution in [-0.2, 0) is 9.53 Å². The number of aromatic nitrogens is 1. The number of hydrogen-bond donors (Lipinski definition) is 2. The second-order valence-corrected chi connectivity index (χ2v) is 6.81. The molecule has 154 valence electrons. The van der Waals surface area contributed by atoms with E-state index >= 15 is 0 Å². The van der Waals surface area contributed by atoms with Gasteiger partial charge in [0.25, 0.3) is 5.91 Å². The summed E-state index contributed by atoms with van der Waals surface area (Å²) in [6.45, 7) is 2.33. The van der Waals surface area contributed by atoms with Gasteiger partial charge in [0.05, 0.1) is 24.3 Å². The summed E-state index contributed by atoms with van der Waals surface area (Å²) in [6, 6.07) is 15.6. The predicted octanol–water partition coefficient (Wildman–Crippen LogP) is 2.79. The number of pyridine rings is 1. The molecule has 0 saturated carbocycles. The Kier molecular flexibility index (Phi) is 5.76. The van der Waals surface area contributed by atoms with Gasteiger partial charge in [-0.15, -0.1) is 0 Å². The lowest BCUT2D eigenvalue weighted by Gasteiger charge is -2.28. The molecule has 2 N–H and O–H groups in total. The maximum Gasteiger partial charge on any atom is 0.336 e. The van der Waals surface area contributed by atoms with E-state index < -0.39 is 5.97 Å². The second kappa shape index (κ2) is 8.79. The fraction of sp³-hybridized carbons (Fsp3) is 0.227. The van der Waals surface area contributed by atoms with Crippen LogP contribution < -0.4 is 15.0 Å². The number of aromatic carboxylic acids is 1. The molecule has 1 aliphatic heterocycles. The molecular weight excluding hydrogens is 386 g/mol. The van der Waals surface area contributed by atoms with Crippen LogP contribution in [0.1, 0.15) is 10.4 Å². The highest BCUT2D eigenvalue weighted by molar-refractivity contribution is 6.05. The number of amides is 1. The number of carbonyl (C=O) groups excluding carboxylic acids is 1. The maximum atomic E-state index is 12.2. The van der Waals surface area contributed by atoms with Gasteiger partial charge < -0.3 is 24.8 Å². The first-order valence-corrected chi connectivity index (χ1v) is 9.58. The second-order valence-electron chi connectivity index (χ2n) is 6.81. The number of anilines is 2. The molecule has 0 unspecified atom stereocenters. The molecule has 4 rings (SSSR count). The molecule has 0 atom stereocenters. The van der Waals surface area contributed by atoms with Crippen LogP contribution in [0.2, 0.25) is 0 Å². The normalized spacial score (nSPS) is 13.8. The number of rotatable bonds is 6. The summed E-state index contributed by atoms with van der Waals surface area (Å²) >= 11 is 0. The molecule has 8 nitrogen and oxygen atoms in total. The average Bonchev–Trinajstić information content (AvgIpc) is 2.78. The summed E-state index contributed by atoms with van der Waals surface area (Å²) in [5.41, 5.74) is 1.17. The van der Waals surface area contributed by atoms with Crippen molar-refractivity contribution < 1.29 is 24.2 Å². The number of ether oxygens (including phenoxy) is 2. The molecule has 1 amide bonds. The van der Waals surface area contributed by atoms with Crippen molar-refractivity contribution in [2.24, 2.45) is 0 Å². The maximum absolute atomic E-state index is 12.2. The number of carboxylic acids is 1. The van der Waals surface area contributed by atoms with Crippen molar-refractivity contribution in [2.75, 3.05) is 43.1 Å². The Morgan fingerprint density at radius 3 is 2.60 bits per heavy atom. The van der Waals surface area contributed by atoms with Crippen molar-refractivity contribution in [1.29, 1.82) is 0 Å². The molecule has 3 aromatic rings. The van der Waals surface area contributed by atoms with Gasteiger partial charge in [0.2, 0.25) is 0 Å². The molecular formula is C22H21N3O5. The minimum Gasteiger partial charge on any atom is -0.484 e. The third-order valence-corrected chi connectivity index (χ3v) is 4.76. The van der Waals surface area contributed by atoms with Gasteiger partial charge in [-0.05, 0) is 36.4 Å². The minimum atomic E-state index is -1.05. The quantitative estimate of drug-likeness (QED) is 0.648. The summed E-state index contributed by atoms with van der Waals surface area (Å²) in [4.78, 5) is 30.7. The molecule has 0 bridgehead atoms. The van der Waals surface area contributed by atoms with Gasteiger partial charge in [0.1, 0.15) is 11.6 Å². The lowest BCUT2D eigenvalue weighted by atomic mass is 10.1. The van der Waals surface area contributed by atoms with Crippen molar-refractivity contribution >= 4 is 34.3 Å². The Labute approximate surface area is 173 Å². The third kappa shape index (κ3) is 4.49. The van der Waals surface area contributed by atoms with Crippen molar-refractivity contribution in [3.63, 3.8) is 0 Å². The number of para-hydroxylation sites is 1. The summed E-state index contributed by atoms with van der Waals surface area (Å²) in [6.07, 6.45) is 0. The highest BCUT2D eigenvalue weighted by Crippen LogP contribution is 2.26. The highest BCUT2D eigenvalue weighted by Gasteiger charge is 2.18. The van der Waals surface area contributed by atoms with Crippen LogP contribution in [0.25, 0.3) is 10.9 Å². The largest absolute Gasteiger partial charge is 0.484 e.